The molecule has 0 fully saturated rings. The monoisotopic (exact) mass is 285 g/mol. The van der Waals surface area contributed by atoms with E-state index in [4.69, 9.17) is 4.98 Å². The van der Waals surface area contributed by atoms with Gasteiger partial charge in [0.1, 0.15) is 0 Å². The van der Waals surface area contributed by atoms with Crippen molar-refractivity contribution in [3.8, 4) is 0 Å². The van der Waals surface area contributed by atoms with Gasteiger partial charge in [-0.05, 0) is 43.9 Å². The molecule has 0 N–H and O–H groups in total. The highest BCUT2D eigenvalue weighted by atomic mass is 14.7. The van der Waals surface area contributed by atoms with Gasteiger partial charge in [0.2, 0.25) is 0 Å². The number of fused-ring (bicyclic) bond motifs is 1. The topological polar surface area (TPSA) is 12.9 Å². The highest BCUT2D eigenvalue weighted by Crippen LogP contribution is 2.24. The Labute approximate surface area is 130 Å². The maximum absolute atomic E-state index is 4.75. The first kappa shape index (κ1) is 17.7. The van der Waals surface area contributed by atoms with E-state index in [2.05, 4.69) is 45.0 Å². The van der Waals surface area contributed by atoms with Crippen LogP contribution in [0.4, 0.5) is 0 Å². The molecule has 0 unspecified atom stereocenters. The van der Waals surface area contributed by atoms with Gasteiger partial charge >= 0.3 is 0 Å². The fourth-order valence-electron chi connectivity index (χ4n) is 2.84. The second-order valence-electron chi connectivity index (χ2n) is 5.48. The lowest BCUT2D eigenvalue weighted by Crippen LogP contribution is -1.99. The third kappa shape index (κ3) is 4.84. The molecule has 116 valence electrons. The van der Waals surface area contributed by atoms with Gasteiger partial charge in [-0.25, -0.2) is 0 Å². The minimum absolute atomic E-state index is 1.13. The number of pyridine rings is 1. The van der Waals surface area contributed by atoms with E-state index in [1.165, 1.54) is 60.7 Å². The largest absolute Gasteiger partial charge is 0.253 e. The summed E-state index contributed by atoms with van der Waals surface area (Å²) in [6.45, 7) is 10.7. The Bertz CT molecular complexity index is 543. The summed E-state index contributed by atoms with van der Waals surface area (Å²) in [5.74, 6) is 0. The zero-order valence-electron chi connectivity index (χ0n) is 14.5. The quantitative estimate of drug-likeness (QED) is 0.560. The van der Waals surface area contributed by atoms with E-state index in [-0.39, 0.29) is 0 Å². The number of hydrogen-bond donors (Lipinski definition) is 0. The number of aryl methyl sites for hydroxylation is 2. The molecular weight excluding hydrogens is 254 g/mol. The molecule has 0 saturated carbocycles. The fourth-order valence-corrected chi connectivity index (χ4v) is 2.84. The Morgan fingerprint density at radius 1 is 0.905 bits per heavy atom. The lowest BCUT2D eigenvalue weighted by molar-refractivity contribution is 0.630. The van der Waals surface area contributed by atoms with Crippen LogP contribution in [0.1, 0.15) is 69.7 Å². The van der Waals surface area contributed by atoms with Crippen LogP contribution in [0.25, 0.3) is 10.9 Å². The summed E-state index contributed by atoms with van der Waals surface area (Å²) in [6, 6.07) is 8.48. The molecule has 0 bridgehead atoms. The van der Waals surface area contributed by atoms with Crippen LogP contribution in [0.3, 0.4) is 0 Å². The molecule has 1 heteroatoms. The van der Waals surface area contributed by atoms with Gasteiger partial charge in [-0.15, -0.1) is 0 Å². The molecule has 0 amide bonds. The van der Waals surface area contributed by atoms with Crippen LogP contribution in [0.15, 0.2) is 24.3 Å². The van der Waals surface area contributed by atoms with Gasteiger partial charge in [-0.1, -0.05) is 64.7 Å². The van der Waals surface area contributed by atoms with E-state index in [1.807, 2.05) is 13.8 Å². The SMILES string of the molecule is CC.CCCCCCCc1c(C)nc2ccccc2c1C. The van der Waals surface area contributed by atoms with E-state index in [1.54, 1.807) is 0 Å². The Morgan fingerprint density at radius 2 is 1.57 bits per heavy atom. The average Bonchev–Trinajstić information content (AvgIpc) is 2.52. The molecular formula is C20H31N. The van der Waals surface area contributed by atoms with Crippen molar-refractivity contribution in [1.82, 2.24) is 4.98 Å². The van der Waals surface area contributed by atoms with Crippen LogP contribution in [0.5, 0.6) is 0 Å². The zero-order valence-corrected chi connectivity index (χ0v) is 14.5. The molecule has 0 radical (unpaired) electrons. The summed E-state index contributed by atoms with van der Waals surface area (Å²) in [6.07, 6.45) is 7.87. The molecule has 1 aromatic heterocycles. The molecule has 0 spiro atoms. The maximum Gasteiger partial charge on any atom is 0.0708 e. The number of hydrogen-bond acceptors (Lipinski definition) is 1. The lowest BCUT2D eigenvalue weighted by Gasteiger charge is -2.12. The second-order valence-corrected chi connectivity index (χ2v) is 5.48. The third-order valence-electron chi connectivity index (χ3n) is 4.02. The van der Waals surface area contributed by atoms with Crippen LogP contribution in [0, 0.1) is 13.8 Å². The Morgan fingerprint density at radius 3 is 2.29 bits per heavy atom. The first-order valence-corrected chi connectivity index (χ1v) is 8.59. The van der Waals surface area contributed by atoms with Gasteiger partial charge in [-0.2, -0.15) is 0 Å². The van der Waals surface area contributed by atoms with Crippen LogP contribution < -0.4 is 0 Å². The maximum atomic E-state index is 4.75. The Balaban J connectivity index is 0.00000106. The van der Waals surface area contributed by atoms with E-state index >= 15 is 0 Å². The molecule has 2 aromatic rings. The average molecular weight is 285 g/mol. The summed E-state index contributed by atoms with van der Waals surface area (Å²) in [4.78, 5) is 4.75. The summed E-state index contributed by atoms with van der Waals surface area (Å²) >= 11 is 0. The highest BCUT2D eigenvalue weighted by molar-refractivity contribution is 5.83. The van der Waals surface area contributed by atoms with Gasteiger partial charge in [0.05, 0.1) is 5.52 Å². The molecule has 0 aliphatic heterocycles. The minimum Gasteiger partial charge on any atom is -0.253 e. The molecule has 1 aromatic carbocycles. The number of unbranched alkanes of at least 4 members (excludes halogenated alkanes) is 4. The molecule has 21 heavy (non-hydrogen) atoms. The molecule has 2 rings (SSSR count). The van der Waals surface area contributed by atoms with Crippen molar-refractivity contribution >= 4 is 10.9 Å². The Kier molecular flexibility index (Phi) is 8.04. The summed E-state index contributed by atoms with van der Waals surface area (Å²) in [7, 11) is 0. The standard InChI is InChI=1S/C18H25N.C2H6/c1-4-5-6-7-8-11-16-14(2)17-12-9-10-13-18(17)19-15(16)3;1-2/h9-10,12-13H,4-8,11H2,1-3H3;1-2H3. The fraction of sp³-hybridized carbons (Fsp3) is 0.550. The number of nitrogens with zero attached hydrogens (tertiary/aromatic N) is 1. The van der Waals surface area contributed by atoms with Crippen LogP contribution in [-0.2, 0) is 6.42 Å². The van der Waals surface area contributed by atoms with Gasteiger partial charge in [0.15, 0.2) is 0 Å². The minimum atomic E-state index is 1.13. The zero-order chi connectivity index (χ0) is 15.7. The first-order valence-electron chi connectivity index (χ1n) is 8.59. The number of benzene rings is 1. The highest BCUT2D eigenvalue weighted by Gasteiger charge is 2.08. The van der Waals surface area contributed by atoms with Crippen molar-refractivity contribution in [1.29, 1.82) is 0 Å². The molecule has 0 saturated heterocycles. The smallest absolute Gasteiger partial charge is 0.0708 e. The van der Waals surface area contributed by atoms with E-state index in [9.17, 15) is 0 Å². The van der Waals surface area contributed by atoms with Crippen LogP contribution in [-0.4, -0.2) is 4.98 Å². The van der Waals surface area contributed by atoms with Gasteiger partial charge in [0.25, 0.3) is 0 Å². The van der Waals surface area contributed by atoms with Crippen LogP contribution in [0.2, 0.25) is 0 Å². The van der Waals surface area contributed by atoms with Crippen molar-refractivity contribution < 1.29 is 0 Å². The number of aromatic nitrogens is 1. The molecule has 0 aliphatic rings. The number of rotatable bonds is 6. The Hall–Kier alpha value is -1.37. The van der Waals surface area contributed by atoms with Gasteiger partial charge in [0, 0.05) is 11.1 Å². The predicted molar refractivity (Wildman–Crippen MR) is 95.0 cm³/mol. The van der Waals surface area contributed by atoms with E-state index in [0.717, 1.165) is 5.52 Å². The van der Waals surface area contributed by atoms with Crippen LogP contribution >= 0.6 is 0 Å². The number of para-hydroxylation sites is 1. The van der Waals surface area contributed by atoms with E-state index in [0.29, 0.717) is 0 Å². The second kappa shape index (κ2) is 9.55. The first-order chi connectivity index (χ1) is 10.2. The van der Waals surface area contributed by atoms with Gasteiger partial charge < -0.3 is 0 Å². The molecule has 1 heterocycles. The summed E-state index contributed by atoms with van der Waals surface area (Å²) in [5.41, 5.74) is 5.24. The molecule has 0 aliphatic carbocycles. The lowest BCUT2D eigenvalue weighted by atomic mass is 9.97. The van der Waals surface area contributed by atoms with Crippen molar-refractivity contribution in [2.45, 2.75) is 73.1 Å². The van der Waals surface area contributed by atoms with Gasteiger partial charge in [-0.3, -0.25) is 4.98 Å². The molecule has 1 nitrogen and oxygen atoms in total. The van der Waals surface area contributed by atoms with Crippen molar-refractivity contribution in [3.05, 3.63) is 41.1 Å². The third-order valence-corrected chi connectivity index (χ3v) is 4.02. The van der Waals surface area contributed by atoms with Crippen molar-refractivity contribution in [3.63, 3.8) is 0 Å². The normalized spacial score (nSPS) is 10.3. The van der Waals surface area contributed by atoms with Crippen molar-refractivity contribution in [2.75, 3.05) is 0 Å². The van der Waals surface area contributed by atoms with E-state index < -0.39 is 0 Å². The van der Waals surface area contributed by atoms with Crippen molar-refractivity contribution in [2.24, 2.45) is 0 Å². The predicted octanol–water partition coefficient (Wildman–Crippen LogP) is 6.39. The summed E-state index contributed by atoms with van der Waals surface area (Å²) < 4.78 is 0. The molecule has 0 atom stereocenters. The summed E-state index contributed by atoms with van der Waals surface area (Å²) in [5, 5.41) is 1.32.